The lowest BCUT2D eigenvalue weighted by Gasteiger charge is -2.27. The summed E-state index contributed by atoms with van der Waals surface area (Å²) in [6, 6.07) is 2.81. The highest BCUT2D eigenvalue weighted by atomic mass is 35.5. The fourth-order valence-corrected chi connectivity index (χ4v) is 4.05. The van der Waals surface area contributed by atoms with Crippen LogP contribution in [0.2, 0.25) is 5.02 Å². The number of methoxy groups -OCH3 is 1. The van der Waals surface area contributed by atoms with Gasteiger partial charge in [-0.05, 0) is 25.0 Å². The molecule has 0 radical (unpaired) electrons. The molecule has 0 spiro atoms. The van der Waals surface area contributed by atoms with Gasteiger partial charge < -0.3 is 14.5 Å². The minimum atomic E-state index is -4.09. The summed E-state index contributed by atoms with van der Waals surface area (Å²) in [5, 5.41) is 0.0655. The van der Waals surface area contributed by atoms with Gasteiger partial charge in [0.2, 0.25) is 0 Å². The summed E-state index contributed by atoms with van der Waals surface area (Å²) < 4.78 is 33.9. The molecule has 0 aliphatic rings. The van der Waals surface area contributed by atoms with Gasteiger partial charge in [-0.2, -0.15) is 8.42 Å². The molecule has 158 valence electrons. The lowest BCUT2D eigenvalue weighted by Crippen LogP contribution is -2.26. The van der Waals surface area contributed by atoms with E-state index in [0.29, 0.717) is 18.8 Å². The molecule has 0 fully saturated rings. The second-order valence-corrected chi connectivity index (χ2v) is 8.63. The summed E-state index contributed by atoms with van der Waals surface area (Å²) in [4.78, 5) is 15.5. The zero-order valence-electron chi connectivity index (χ0n) is 17.2. The van der Waals surface area contributed by atoms with Crippen LogP contribution in [0.15, 0.2) is 21.4 Å². The number of unbranched alkanes of at least 4 members (excludes halogenated alkanes) is 2. The highest BCUT2D eigenvalue weighted by Crippen LogP contribution is 2.35. The van der Waals surface area contributed by atoms with E-state index in [0.717, 1.165) is 25.7 Å². The lowest BCUT2D eigenvalue weighted by molar-refractivity contribution is 0.0600. The number of carbonyl (C=O) groups is 1. The molecule has 0 atom stereocenters. The molecular weight excluding hydrogens is 402 g/mol. The van der Waals surface area contributed by atoms with E-state index in [9.17, 15) is 13.2 Å². The van der Waals surface area contributed by atoms with Crippen molar-refractivity contribution < 1.29 is 17.9 Å². The van der Waals surface area contributed by atoms with Crippen molar-refractivity contribution >= 4 is 39.6 Å². The van der Waals surface area contributed by atoms with E-state index in [4.69, 9.17) is 16.3 Å². The van der Waals surface area contributed by atoms with Gasteiger partial charge in [-0.15, -0.1) is 4.40 Å². The van der Waals surface area contributed by atoms with Crippen LogP contribution in [0.4, 0.5) is 5.69 Å². The van der Waals surface area contributed by atoms with Crippen molar-refractivity contribution in [3.05, 3.63) is 22.7 Å². The van der Waals surface area contributed by atoms with Crippen molar-refractivity contribution in [1.82, 2.24) is 4.90 Å². The molecule has 0 N–H and O–H groups in total. The van der Waals surface area contributed by atoms with Crippen molar-refractivity contribution in [3.63, 3.8) is 0 Å². The number of hydrogen-bond acceptors (Lipinski definition) is 5. The van der Waals surface area contributed by atoms with Crippen molar-refractivity contribution in [2.45, 2.75) is 44.4 Å². The van der Waals surface area contributed by atoms with Crippen LogP contribution in [-0.4, -0.2) is 59.9 Å². The summed E-state index contributed by atoms with van der Waals surface area (Å²) in [6.45, 7) is 5.58. The van der Waals surface area contributed by atoms with E-state index in [1.165, 1.54) is 24.4 Å². The molecular formula is C19H30ClN3O4S. The Labute approximate surface area is 173 Å². The lowest BCUT2D eigenvalue weighted by atomic mass is 10.1. The van der Waals surface area contributed by atoms with Crippen LogP contribution < -0.4 is 4.90 Å². The van der Waals surface area contributed by atoms with Gasteiger partial charge >= 0.3 is 5.97 Å². The molecule has 0 saturated heterocycles. The Balaban J connectivity index is 3.60. The third-order valence-corrected chi connectivity index (χ3v) is 5.80. The van der Waals surface area contributed by atoms with Crippen molar-refractivity contribution in [2.24, 2.45) is 4.40 Å². The molecule has 0 aliphatic heterocycles. The summed E-state index contributed by atoms with van der Waals surface area (Å²) in [7, 11) is 0.487. The van der Waals surface area contributed by atoms with Gasteiger partial charge in [0.15, 0.2) is 0 Å². The van der Waals surface area contributed by atoms with Crippen LogP contribution >= 0.6 is 11.6 Å². The summed E-state index contributed by atoms with van der Waals surface area (Å²) in [5.74, 6) is -0.628. The standard InChI is InChI=1S/C19H30ClN3O4S/c1-6-8-10-23(11-9-7-2)16-12-15(19(24)27-5)13-17(18(16)20)28(25,26)21-14-22(3)4/h12-14H,6-11H2,1-5H3. The Morgan fingerprint density at radius 2 is 1.75 bits per heavy atom. The van der Waals surface area contributed by atoms with Gasteiger partial charge in [-0.3, -0.25) is 0 Å². The molecule has 28 heavy (non-hydrogen) atoms. The molecule has 0 aromatic heterocycles. The Kier molecular flexibility index (Phi) is 9.75. The monoisotopic (exact) mass is 431 g/mol. The van der Waals surface area contributed by atoms with Gasteiger partial charge in [0.1, 0.15) is 11.2 Å². The predicted molar refractivity (Wildman–Crippen MR) is 114 cm³/mol. The average Bonchev–Trinajstić information content (AvgIpc) is 2.66. The Morgan fingerprint density at radius 1 is 1.18 bits per heavy atom. The highest BCUT2D eigenvalue weighted by Gasteiger charge is 2.25. The second kappa shape index (κ2) is 11.3. The topological polar surface area (TPSA) is 79.3 Å². The van der Waals surface area contributed by atoms with Crippen LogP contribution in [-0.2, 0) is 14.8 Å². The zero-order chi connectivity index (χ0) is 21.3. The number of carbonyl (C=O) groups excluding carboxylic acids is 1. The average molecular weight is 432 g/mol. The van der Waals surface area contributed by atoms with E-state index in [-0.39, 0.29) is 15.5 Å². The van der Waals surface area contributed by atoms with E-state index >= 15 is 0 Å². The normalized spacial score (nSPS) is 11.6. The SMILES string of the molecule is CCCCN(CCCC)c1cc(C(=O)OC)cc(S(=O)(=O)N=CN(C)C)c1Cl. The molecule has 1 aromatic rings. The molecule has 0 bridgehead atoms. The quantitative estimate of drug-likeness (QED) is 0.301. The predicted octanol–water partition coefficient (Wildman–Crippen LogP) is 3.81. The molecule has 7 nitrogen and oxygen atoms in total. The first-order valence-corrected chi connectivity index (χ1v) is 11.1. The molecule has 1 aromatic carbocycles. The van der Waals surface area contributed by atoms with Gasteiger partial charge in [0.05, 0.1) is 23.4 Å². The number of anilines is 1. The molecule has 0 aliphatic carbocycles. The van der Waals surface area contributed by atoms with Crippen LogP contribution in [0, 0.1) is 0 Å². The molecule has 0 heterocycles. The van der Waals surface area contributed by atoms with Crippen LogP contribution in [0.5, 0.6) is 0 Å². The smallest absolute Gasteiger partial charge is 0.337 e. The third kappa shape index (κ3) is 6.67. The summed E-state index contributed by atoms with van der Waals surface area (Å²) in [6.07, 6.45) is 4.99. The maximum absolute atomic E-state index is 12.7. The Morgan fingerprint density at radius 3 is 2.21 bits per heavy atom. The number of benzene rings is 1. The van der Waals surface area contributed by atoms with E-state index in [1.54, 1.807) is 20.2 Å². The fourth-order valence-electron chi connectivity index (χ4n) is 2.50. The number of ether oxygens (including phenoxy) is 1. The maximum atomic E-state index is 12.7. The molecule has 9 heteroatoms. The minimum absolute atomic E-state index is 0.0655. The Hall–Kier alpha value is -1.80. The number of sulfonamides is 1. The number of esters is 1. The number of halogens is 1. The number of nitrogens with zero attached hydrogens (tertiary/aromatic N) is 3. The van der Waals surface area contributed by atoms with Crippen molar-refractivity contribution in [1.29, 1.82) is 0 Å². The van der Waals surface area contributed by atoms with Gasteiger partial charge in [-0.1, -0.05) is 38.3 Å². The first kappa shape index (κ1) is 24.2. The van der Waals surface area contributed by atoms with Gasteiger partial charge in [0.25, 0.3) is 10.0 Å². The second-order valence-electron chi connectivity index (χ2n) is 6.65. The highest BCUT2D eigenvalue weighted by molar-refractivity contribution is 7.90. The first-order valence-electron chi connectivity index (χ1n) is 9.31. The zero-order valence-corrected chi connectivity index (χ0v) is 18.8. The summed E-state index contributed by atoms with van der Waals surface area (Å²) >= 11 is 6.52. The molecule has 0 amide bonds. The Bertz CT molecular complexity index is 787. The van der Waals surface area contributed by atoms with E-state index < -0.39 is 16.0 Å². The molecule has 0 saturated carbocycles. The van der Waals surface area contributed by atoms with E-state index in [2.05, 4.69) is 18.2 Å². The first-order chi connectivity index (χ1) is 13.2. The van der Waals surface area contributed by atoms with Gasteiger partial charge in [-0.25, -0.2) is 4.79 Å². The number of hydrogen-bond donors (Lipinski definition) is 0. The van der Waals surface area contributed by atoms with E-state index in [1.807, 2.05) is 4.90 Å². The molecule has 1 rings (SSSR count). The van der Waals surface area contributed by atoms with Crippen LogP contribution in [0.1, 0.15) is 49.9 Å². The third-order valence-electron chi connectivity index (χ3n) is 4.04. The number of rotatable bonds is 11. The van der Waals surface area contributed by atoms with Crippen LogP contribution in [0.3, 0.4) is 0 Å². The summed E-state index contributed by atoms with van der Waals surface area (Å²) in [5.41, 5.74) is 0.628. The maximum Gasteiger partial charge on any atom is 0.337 e. The van der Waals surface area contributed by atoms with Crippen LogP contribution in [0.25, 0.3) is 0 Å². The van der Waals surface area contributed by atoms with Crippen molar-refractivity contribution in [3.8, 4) is 0 Å². The van der Waals surface area contributed by atoms with Gasteiger partial charge in [0, 0.05) is 27.2 Å². The fraction of sp³-hybridized carbons (Fsp3) is 0.579. The van der Waals surface area contributed by atoms with Crippen molar-refractivity contribution in [2.75, 3.05) is 39.2 Å². The largest absolute Gasteiger partial charge is 0.465 e. The minimum Gasteiger partial charge on any atom is -0.465 e. The molecule has 0 unspecified atom stereocenters.